The molecule has 8 heteroatoms. The van der Waals surface area contributed by atoms with Crippen LogP contribution in [0.3, 0.4) is 0 Å². The van der Waals surface area contributed by atoms with E-state index in [1.807, 2.05) is 0 Å². The lowest BCUT2D eigenvalue weighted by Crippen LogP contribution is -2.03. The van der Waals surface area contributed by atoms with Gasteiger partial charge in [-0.25, -0.2) is 8.78 Å². The van der Waals surface area contributed by atoms with E-state index >= 15 is 0 Å². The summed E-state index contributed by atoms with van der Waals surface area (Å²) in [5, 5.41) is 10.6. The molecule has 0 atom stereocenters. The quantitative estimate of drug-likeness (QED) is 0.433. The molecule has 0 aliphatic carbocycles. The highest BCUT2D eigenvalue weighted by atomic mass is 79.9. The van der Waals surface area contributed by atoms with Crippen molar-refractivity contribution in [2.24, 2.45) is 0 Å². The van der Waals surface area contributed by atoms with Gasteiger partial charge in [0.1, 0.15) is 24.0 Å². The van der Waals surface area contributed by atoms with Gasteiger partial charge < -0.3 is 4.74 Å². The van der Waals surface area contributed by atoms with Crippen LogP contribution in [0.1, 0.15) is 5.56 Å². The maximum atomic E-state index is 13.7. The maximum Gasteiger partial charge on any atom is 0.271 e. The molecule has 0 aromatic heterocycles. The van der Waals surface area contributed by atoms with E-state index < -0.39 is 23.2 Å². The lowest BCUT2D eigenvalue weighted by Gasteiger charge is -2.10. The third kappa shape index (κ3) is 3.48. The van der Waals surface area contributed by atoms with Gasteiger partial charge in [-0.1, -0.05) is 11.6 Å². The molecule has 0 saturated heterocycles. The zero-order valence-corrected chi connectivity index (χ0v) is 12.6. The van der Waals surface area contributed by atoms with Crippen LogP contribution in [0.5, 0.6) is 5.75 Å². The molecule has 21 heavy (non-hydrogen) atoms. The molecule has 2 aromatic carbocycles. The number of nitro benzene ring substituents is 1. The van der Waals surface area contributed by atoms with Crippen molar-refractivity contribution in [1.82, 2.24) is 0 Å². The molecule has 0 fully saturated rings. The second-order valence-corrected chi connectivity index (χ2v) is 5.24. The molecular weight excluding hydrogens is 372 g/mol. The van der Waals surface area contributed by atoms with Crippen LogP contribution >= 0.6 is 27.5 Å². The van der Waals surface area contributed by atoms with Crippen molar-refractivity contribution >= 4 is 33.2 Å². The number of rotatable bonds is 4. The minimum Gasteiger partial charge on any atom is -0.487 e. The summed E-state index contributed by atoms with van der Waals surface area (Å²) >= 11 is 8.77. The Morgan fingerprint density at radius 3 is 2.62 bits per heavy atom. The van der Waals surface area contributed by atoms with Crippen molar-refractivity contribution in [2.75, 3.05) is 0 Å². The Bertz CT molecular complexity index is 712. The van der Waals surface area contributed by atoms with E-state index in [9.17, 15) is 18.9 Å². The van der Waals surface area contributed by atoms with E-state index in [2.05, 4.69) is 15.9 Å². The van der Waals surface area contributed by atoms with Gasteiger partial charge >= 0.3 is 0 Å². The summed E-state index contributed by atoms with van der Waals surface area (Å²) in [6, 6.07) is 5.91. The molecular formula is C13H7BrClF2NO3. The van der Waals surface area contributed by atoms with Crippen LogP contribution < -0.4 is 4.74 Å². The highest BCUT2D eigenvalue weighted by molar-refractivity contribution is 9.10. The molecule has 0 amide bonds. The van der Waals surface area contributed by atoms with Gasteiger partial charge in [0.05, 0.1) is 20.0 Å². The van der Waals surface area contributed by atoms with Crippen LogP contribution in [-0.2, 0) is 6.61 Å². The van der Waals surface area contributed by atoms with Gasteiger partial charge in [0, 0.05) is 12.1 Å². The van der Waals surface area contributed by atoms with E-state index in [1.165, 1.54) is 18.2 Å². The lowest BCUT2D eigenvalue weighted by atomic mass is 10.2. The largest absolute Gasteiger partial charge is 0.487 e. The molecule has 0 saturated carbocycles. The standard InChI is InChI=1S/C13H7BrClF2NO3/c14-9-2-3-11(16)8(13(9)17)6-21-12-4-1-7(18(19)20)5-10(12)15/h1-5H,6H2. The Hall–Kier alpha value is -1.73. The average molecular weight is 379 g/mol. The molecule has 4 nitrogen and oxygen atoms in total. The van der Waals surface area contributed by atoms with Gasteiger partial charge in [0.25, 0.3) is 5.69 Å². The smallest absolute Gasteiger partial charge is 0.271 e. The fourth-order valence-corrected chi connectivity index (χ4v) is 2.17. The molecule has 2 rings (SSSR count). The van der Waals surface area contributed by atoms with Gasteiger partial charge in [-0.2, -0.15) is 0 Å². The monoisotopic (exact) mass is 377 g/mol. The van der Waals surface area contributed by atoms with Crippen molar-refractivity contribution in [3.63, 3.8) is 0 Å². The fourth-order valence-electron chi connectivity index (χ4n) is 1.57. The summed E-state index contributed by atoms with van der Waals surface area (Å²) in [6.45, 7) is -0.394. The minimum absolute atomic E-state index is 0.0139. The third-order valence-corrected chi connectivity index (χ3v) is 3.55. The van der Waals surface area contributed by atoms with Crippen LogP contribution in [0.2, 0.25) is 5.02 Å². The molecule has 2 aromatic rings. The summed E-state index contributed by atoms with van der Waals surface area (Å²) in [5.41, 5.74) is -0.467. The molecule has 0 radical (unpaired) electrons. The highest BCUT2D eigenvalue weighted by Gasteiger charge is 2.15. The van der Waals surface area contributed by atoms with Gasteiger partial charge in [-0.05, 0) is 34.1 Å². The second-order valence-electron chi connectivity index (χ2n) is 3.98. The first-order valence-electron chi connectivity index (χ1n) is 5.59. The van der Waals surface area contributed by atoms with Gasteiger partial charge in [-0.15, -0.1) is 0 Å². The van der Waals surface area contributed by atoms with Gasteiger partial charge in [0.15, 0.2) is 0 Å². The van der Waals surface area contributed by atoms with Crippen LogP contribution in [0, 0.1) is 21.7 Å². The van der Waals surface area contributed by atoms with E-state index in [0.29, 0.717) is 0 Å². The van der Waals surface area contributed by atoms with Crippen molar-refractivity contribution in [3.05, 3.63) is 67.1 Å². The Labute approximate surface area is 131 Å². The van der Waals surface area contributed by atoms with Gasteiger partial charge in [0.2, 0.25) is 0 Å². The zero-order chi connectivity index (χ0) is 15.6. The van der Waals surface area contributed by atoms with Crippen LogP contribution in [0.25, 0.3) is 0 Å². The minimum atomic E-state index is -0.770. The molecule has 0 bridgehead atoms. The summed E-state index contributed by atoms with van der Waals surface area (Å²) in [5.74, 6) is -1.43. The maximum absolute atomic E-state index is 13.7. The Balaban J connectivity index is 2.21. The Morgan fingerprint density at radius 1 is 1.29 bits per heavy atom. The van der Waals surface area contributed by atoms with Crippen molar-refractivity contribution < 1.29 is 18.4 Å². The first kappa shape index (κ1) is 15.7. The van der Waals surface area contributed by atoms with Crippen molar-refractivity contribution in [2.45, 2.75) is 6.61 Å². The van der Waals surface area contributed by atoms with Crippen LogP contribution in [0.15, 0.2) is 34.8 Å². The lowest BCUT2D eigenvalue weighted by molar-refractivity contribution is -0.384. The number of ether oxygens (including phenoxy) is 1. The van der Waals surface area contributed by atoms with E-state index in [1.54, 1.807) is 0 Å². The molecule has 0 unspecified atom stereocenters. The summed E-state index contributed by atoms with van der Waals surface area (Å²) in [7, 11) is 0. The number of hydrogen-bond acceptors (Lipinski definition) is 3. The Kier molecular flexibility index (Phi) is 4.74. The predicted octanol–water partition coefficient (Wildman–Crippen LogP) is 4.87. The molecule has 110 valence electrons. The van der Waals surface area contributed by atoms with Crippen molar-refractivity contribution in [3.8, 4) is 5.75 Å². The Morgan fingerprint density at radius 2 is 2.00 bits per heavy atom. The van der Waals surface area contributed by atoms with Crippen molar-refractivity contribution in [1.29, 1.82) is 0 Å². The van der Waals surface area contributed by atoms with Gasteiger partial charge in [-0.3, -0.25) is 10.1 Å². The number of halogens is 4. The second kappa shape index (κ2) is 6.36. The fraction of sp³-hybridized carbons (Fsp3) is 0.0769. The predicted molar refractivity (Wildman–Crippen MR) is 76.5 cm³/mol. The molecule has 0 aliphatic heterocycles. The molecule has 0 heterocycles. The molecule has 0 aliphatic rings. The normalized spacial score (nSPS) is 10.5. The SMILES string of the molecule is O=[N+]([O-])c1ccc(OCc2c(F)ccc(Br)c2F)c(Cl)c1. The van der Waals surface area contributed by atoms with E-state index in [4.69, 9.17) is 16.3 Å². The van der Waals surface area contributed by atoms with E-state index in [-0.39, 0.29) is 26.5 Å². The zero-order valence-electron chi connectivity index (χ0n) is 10.3. The summed E-state index contributed by atoms with van der Waals surface area (Å²) < 4.78 is 32.6. The topological polar surface area (TPSA) is 52.4 Å². The number of benzene rings is 2. The number of nitro groups is 1. The number of nitrogens with zero attached hydrogens (tertiary/aromatic N) is 1. The first-order valence-corrected chi connectivity index (χ1v) is 6.76. The number of non-ortho nitro benzene ring substituents is 1. The number of hydrogen-bond donors (Lipinski definition) is 0. The molecule has 0 N–H and O–H groups in total. The first-order chi connectivity index (χ1) is 9.90. The van der Waals surface area contributed by atoms with Crippen LogP contribution in [-0.4, -0.2) is 4.92 Å². The highest BCUT2D eigenvalue weighted by Crippen LogP contribution is 2.30. The third-order valence-electron chi connectivity index (χ3n) is 2.64. The molecule has 0 spiro atoms. The summed E-state index contributed by atoms with van der Waals surface area (Å²) in [4.78, 5) is 9.96. The average Bonchev–Trinajstić information content (AvgIpc) is 2.44. The van der Waals surface area contributed by atoms with Crippen LogP contribution in [0.4, 0.5) is 14.5 Å². The van der Waals surface area contributed by atoms with E-state index in [0.717, 1.165) is 12.1 Å². The summed E-state index contributed by atoms with van der Waals surface area (Å²) in [6.07, 6.45) is 0.